The van der Waals surface area contributed by atoms with E-state index in [9.17, 15) is 24.3 Å². The molecule has 1 aromatic rings. The highest BCUT2D eigenvalue weighted by Crippen LogP contribution is 2.06. The average Bonchev–Trinajstić information content (AvgIpc) is 3.25. The van der Waals surface area contributed by atoms with Crippen LogP contribution in [0.15, 0.2) is 17.5 Å². The molecule has 0 spiro atoms. The predicted octanol–water partition coefficient (Wildman–Crippen LogP) is -2.84. The molecular formula is C19H33N9O5. The van der Waals surface area contributed by atoms with Crippen molar-refractivity contribution in [3.63, 3.8) is 0 Å². The molecule has 0 saturated carbocycles. The second-order valence-electron chi connectivity index (χ2n) is 7.68. The van der Waals surface area contributed by atoms with E-state index in [0.717, 1.165) is 0 Å². The van der Waals surface area contributed by atoms with Gasteiger partial charge in [0.2, 0.25) is 17.7 Å². The number of carbonyl (C=O) groups excluding carboxylic acids is 3. The van der Waals surface area contributed by atoms with Crippen LogP contribution in [0, 0.1) is 5.92 Å². The summed E-state index contributed by atoms with van der Waals surface area (Å²) < 4.78 is 0. The summed E-state index contributed by atoms with van der Waals surface area (Å²) in [5.41, 5.74) is 16.3. The number of carboxylic acid groups (broad SMARTS) is 1. The van der Waals surface area contributed by atoms with Gasteiger partial charge in [-0.2, -0.15) is 0 Å². The van der Waals surface area contributed by atoms with E-state index >= 15 is 0 Å². The number of aliphatic carboxylic acids is 1. The van der Waals surface area contributed by atoms with E-state index in [4.69, 9.17) is 17.2 Å². The number of carbonyl (C=O) groups is 4. The number of imidazole rings is 1. The van der Waals surface area contributed by atoms with Crippen molar-refractivity contribution < 1.29 is 24.3 Å². The number of rotatable bonds is 14. The highest BCUT2D eigenvalue weighted by atomic mass is 16.4. The number of nitrogens with one attached hydrogen (secondary N) is 4. The second-order valence-corrected chi connectivity index (χ2v) is 7.68. The van der Waals surface area contributed by atoms with Crippen LogP contribution in [0.1, 0.15) is 32.4 Å². The van der Waals surface area contributed by atoms with Gasteiger partial charge < -0.3 is 43.2 Å². The zero-order valence-electron chi connectivity index (χ0n) is 18.7. The van der Waals surface area contributed by atoms with Gasteiger partial charge in [0, 0.05) is 24.9 Å². The first-order chi connectivity index (χ1) is 15.5. The number of carboxylic acids is 1. The molecule has 0 aliphatic heterocycles. The molecule has 1 rings (SSSR count). The Labute approximate surface area is 191 Å². The Morgan fingerprint density at radius 1 is 1.12 bits per heavy atom. The molecule has 14 heteroatoms. The lowest BCUT2D eigenvalue weighted by molar-refractivity contribution is -0.142. The number of nitrogens with two attached hydrogens (primary N) is 3. The molecule has 0 radical (unpaired) electrons. The van der Waals surface area contributed by atoms with Crippen LogP contribution in [-0.4, -0.2) is 75.9 Å². The highest BCUT2D eigenvalue weighted by Gasteiger charge is 2.31. The first-order valence-corrected chi connectivity index (χ1v) is 10.4. The third-order valence-corrected chi connectivity index (χ3v) is 4.62. The third kappa shape index (κ3) is 9.99. The summed E-state index contributed by atoms with van der Waals surface area (Å²) in [4.78, 5) is 59.6. The van der Waals surface area contributed by atoms with Gasteiger partial charge in [0.1, 0.15) is 18.1 Å². The molecule has 14 nitrogen and oxygen atoms in total. The largest absolute Gasteiger partial charge is 0.480 e. The molecule has 184 valence electrons. The molecule has 3 amide bonds. The minimum Gasteiger partial charge on any atom is -0.480 e. The monoisotopic (exact) mass is 467 g/mol. The molecule has 0 aromatic carbocycles. The number of hydrogen-bond acceptors (Lipinski definition) is 7. The van der Waals surface area contributed by atoms with Crippen LogP contribution < -0.4 is 33.2 Å². The van der Waals surface area contributed by atoms with Gasteiger partial charge in [0.05, 0.1) is 12.9 Å². The van der Waals surface area contributed by atoms with E-state index < -0.39 is 41.8 Å². The van der Waals surface area contributed by atoms with Crippen molar-refractivity contribution in [1.82, 2.24) is 25.9 Å². The maximum absolute atomic E-state index is 12.9. The number of aromatic amines is 1. The van der Waals surface area contributed by atoms with Gasteiger partial charge in [0.15, 0.2) is 5.96 Å². The lowest BCUT2D eigenvalue weighted by Crippen LogP contribution is -2.58. The Kier molecular flexibility index (Phi) is 11.3. The van der Waals surface area contributed by atoms with Crippen LogP contribution in [0.3, 0.4) is 0 Å². The van der Waals surface area contributed by atoms with Crippen molar-refractivity contribution in [2.75, 3.05) is 13.1 Å². The van der Waals surface area contributed by atoms with Gasteiger partial charge in [-0.15, -0.1) is 0 Å². The normalized spacial score (nSPS) is 13.5. The number of aromatic nitrogens is 2. The van der Waals surface area contributed by atoms with Crippen molar-refractivity contribution >= 4 is 29.7 Å². The van der Waals surface area contributed by atoms with Crippen LogP contribution in [0.5, 0.6) is 0 Å². The predicted molar refractivity (Wildman–Crippen MR) is 120 cm³/mol. The SMILES string of the molecule is CC(C)C(NC(=O)CN)C(=O)NC(Cc1cnc[nH]1)C(=O)NC(CCCN=C(N)N)C(=O)O. The summed E-state index contributed by atoms with van der Waals surface area (Å²) in [7, 11) is 0. The first kappa shape index (κ1) is 27.4. The highest BCUT2D eigenvalue weighted by molar-refractivity contribution is 5.93. The topological polar surface area (TPSA) is 244 Å². The van der Waals surface area contributed by atoms with Gasteiger partial charge in [-0.25, -0.2) is 9.78 Å². The third-order valence-electron chi connectivity index (χ3n) is 4.62. The molecule has 1 aromatic heterocycles. The molecule has 11 N–H and O–H groups in total. The zero-order valence-corrected chi connectivity index (χ0v) is 18.7. The summed E-state index contributed by atoms with van der Waals surface area (Å²) in [5, 5.41) is 17.0. The molecule has 33 heavy (non-hydrogen) atoms. The van der Waals surface area contributed by atoms with E-state index in [-0.39, 0.29) is 37.8 Å². The molecule has 1 heterocycles. The van der Waals surface area contributed by atoms with Gasteiger partial charge >= 0.3 is 5.97 Å². The first-order valence-electron chi connectivity index (χ1n) is 10.4. The van der Waals surface area contributed by atoms with Gasteiger partial charge in [-0.05, 0) is 18.8 Å². The maximum atomic E-state index is 12.9. The van der Waals surface area contributed by atoms with E-state index in [1.165, 1.54) is 12.5 Å². The number of amides is 3. The molecule has 0 saturated heterocycles. The number of guanidine groups is 1. The zero-order chi connectivity index (χ0) is 25.0. The fraction of sp³-hybridized carbons (Fsp3) is 0.579. The molecule has 0 fully saturated rings. The Bertz CT molecular complexity index is 822. The van der Waals surface area contributed by atoms with Crippen molar-refractivity contribution in [3.8, 4) is 0 Å². The van der Waals surface area contributed by atoms with E-state index in [2.05, 4.69) is 30.9 Å². The average molecular weight is 468 g/mol. The Morgan fingerprint density at radius 2 is 1.79 bits per heavy atom. The minimum atomic E-state index is -1.24. The van der Waals surface area contributed by atoms with E-state index in [1.54, 1.807) is 13.8 Å². The van der Waals surface area contributed by atoms with Crippen molar-refractivity contribution in [2.24, 2.45) is 28.1 Å². The van der Waals surface area contributed by atoms with Crippen LogP contribution in [0.25, 0.3) is 0 Å². The fourth-order valence-electron chi connectivity index (χ4n) is 2.89. The number of aliphatic imine (C=N–C) groups is 1. The number of H-pyrrole nitrogens is 1. The second kappa shape index (κ2) is 13.7. The van der Waals surface area contributed by atoms with Crippen molar-refractivity contribution in [3.05, 3.63) is 18.2 Å². The molecule has 0 bridgehead atoms. The summed E-state index contributed by atoms with van der Waals surface area (Å²) in [5.74, 6) is -3.49. The summed E-state index contributed by atoms with van der Waals surface area (Å²) in [6.07, 6.45) is 3.30. The van der Waals surface area contributed by atoms with E-state index in [0.29, 0.717) is 12.1 Å². The van der Waals surface area contributed by atoms with Crippen LogP contribution in [-0.2, 0) is 25.6 Å². The standard InChI is InChI=1S/C19H33N9O5/c1-10(2)15(28-14(29)7-20)17(31)27-13(6-11-8-23-9-25-11)16(30)26-12(18(32)33)4-3-5-24-19(21)22/h8-10,12-13,15H,3-7,20H2,1-2H3,(H,23,25)(H,26,30)(H,27,31)(H,28,29)(H,32,33)(H4,21,22,24). The van der Waals surface area contributed by atoms with Gasteiger partial charge in [-0.1, -0.05) is 13.8 Å². The van der Waals surface area contributed by atoms with Crippen molar-refractivity contribution in [2.45, 2.75) is 51.2 Å². The Balaban J connectivity index is 2.95. The van der Waals surface area contributed by atoms with Crippen LogP contribution in [0.4, 0.5) is 0 Å². The van der Waals surface area contributed by atoms with E-state index in [1.807, 2.05) is 0 Å². The minimum absolute atomic E-state index is 0.0214. The molecule has 3 unspecified atom stereocenters. The molecule has 0 aliphatic rings. The fourth-order valence-corrected chi connectivity index (χ4v) is 2.89. The van der Waals surface area contributed by atoms with Crippen LogP contribution >= 0.6 is 0 Å². The van der Waals surface area contributed by atoms with Crippen LogP contribution in [0.2, 0.25) is 0 Å². The Hall–Kier alpha value is -3.68. The van der Waals surface area contributed by atoms with Gasteiger partial charge in [0.25, 0.3) is 0 Å². The smallest absolute Gasteiger partial charge is 0.326 e. The van der Waals surface area contributed by atoms with Gasteiger partial charge in [-0.3, -0.25) is 19.4 Å². The van der Waals surface area contributed by atoms with Crippen molar-refractivity contribution in [1.29, 1.82) is 0 Å². The number of hydrogen-bond donors (Lipinski definition) is 8. The molecular weight excluding hydrogens is 434 g/mol. The lowest BCUT2D eigenvalue weighted by Gasteiger charge is -2.26. The molecule has 3 atom stereocenters. The summed E-state index contributed by atoms with van der Waals surface area (Å²) >= 11 is 0. The molecule has 0 aliphatic carbocycles. The summed E-state index contributed by atoms with van der Waals surface area (Å²) in [6.45, 7) is 3.35. The summed E-state index contributed by atoms with van der Waals surface area (Å²) in [6, 6.07) is -3.28. The quantitative estimate of drug-likeness (QED) is 0.0796. The Morgan fingerprint density at radius 3 is 2.30 bits per heavy atom. The lowest BCUT2D eigenvalue weighted by atomic mass is 10.0. The maximum Gasteiger partial charge on any atom is 0.326 e. The number of nitrogens with zero attached hydrogens (tertiary/aromatic N) is 2.